The summed E-state index contributed by atoms with van der Waals surface area (Å²) in [5, 5.41) is 5.53. The Hall–Kier alpha value is -2.89. The number of ether oxygens (including phenoxy) is 1. The Balaban J connectivity index is 1.82. The number of nitrogens with one attached hydrogen (secondary N) is 2. The molecule has 120 valence electrons. The van der Waals surface area contributed by atoms with Crippen LogP contribution < -0.4 is 15.4 Å². The van der Waals surface area contributed by atoms with Gasteiger partial charge in [-0.05, 0) is 23.3 Å². The summed E-state index contributed by atoms with van der Waals surface area (Å²) in [5.74, 6) is 0.344. The van der Waals surface area contributed by atoms with Crippen molar-refractivity contribution in [1.82, 2.24) is 10.3 Å². The first-order valence-corrected chi connectivity index (χ1v) is 7.19. The number of nitrogens with zero attached hydrogens (tertiary/aromatic N) is 1. The molecule has 1 heterocycles. The van der Waals surface area contributed by atoms with Gasteiger partial charge in [-0.15, -0.1) is 0 Å². The molecule has 2 amide bonds. The SMILES string of the molecule is COc1ccc(CNC(=O)Cc2ccc(NC(C)=O)cc2)cn1. The van der Waals surface area contributed by atoms with Gasteiger partial charge in [-0.3, -0.25) is 9.59 Å². The van der Waals surface area contributed by atoms with E-state index in [-0.39, 0.29) is 18.2 Å². The minimum atomic E-state index is -0.122. The number of rotatable bonds is 6. The van der Waals surface area contributed by atoms with E-state index in [9.17, 15) is 9.59 Å². The molecule has 0 saturated heterocycles. The van der Waals surface area contributed by atoms with E-state index in [2.05, 4.69) is 15.6 Å². The maximum absolute atomic E-state index is 11.9. The maximum Gasteiger partial charge on any atom is 0.224 e. The number of anilines is 1. The van der Waals surface area contributed by atoms with Crippen LogP contribution in [0.25, 0.3) is 0 Å². The second-order valence-electron chi connectivity index (χ2n) is 5.04. The molecule has 0 aliphatic heterocycles. The summed E-state index contributed by atoms with van der Waals surface area (Å²) in [6, 6.07) is 10.8. The van der Waals surface area contributed by atoms with Crippen molar-refractivity contribution < 1.29 is 14.3 Å². The fraction of sp³-hybridized carbons (Fsp3) is 0.235. The molecule has 1 aromatic carbocycles. The molecule has 0 fully saturated rings. The number of amides is 2. The van der Waals surface area contributed by atoms with Gasteiger partial charge in [-0.1, -0.05) is 18.2 Å². The lowest BCUT2D eigenvalue weighted by Crippen LogP contribution is -2.24. The van der Waals surface area contributed by atoms with Gasteiger partial charge in [0.05, 0.1) is 13.5 Å². The number of benzene rings is 1. The van der Waals surface area contributed by atoms with Gasteiger partial charge in [-0.25, -0.2) is 4.98 Å². The molecule has 0 radical (unpaired) electrons. The molecule has 0 bridgehead atoms. The average Bonchev–Trinajstić information content (AvgIpc) is 2.55. The number of aromatic nitrogens is 1. The van der Waals surface area contributed by atoms with E-state index in [1.165, 1.54) is 6.92 Å². The van der Waals surface area contributed by atoms with E-state index in [1.54, 1.807) is 31.5 Å². The smallest absolute Gasteiger partial charge is 0.224 e. The summed E-state index contributed by atoms with van der Waals surface area (Å²) >= 11 is 0. The zero-order chi connectivity index (χ0) is 16.7. The lowest BCUT2D eigenvalue weighted by atomic mass is 10.1. The van der Waals surface area contributed by atoms with Gasteiger partial charge in [0, 0.05) is 31.4 Å². The number of hydrogen-bond donors (Lipinski definition) is 2. The summed E-state index contributed by atoms with van der Waals surface area (Å²) in [6.45, 7) is 1.87. The van der Waals surface area contributed by atoms with Crippen LogP contribution in [0.5, 0.6) is 5.88 Å². The molecule has 2 aromatic rings. The van der Waals surface area contributed by atoms with Crippen molar-refractivity contribution in [3.63, 3.8) is 0 Å². The highest BCUT2D eigenvalue weighted by Crippen LogP contribution is 2.10. The van der Waals surface area contributed by atoms with Crippen LogP contribution in [0.4, 0.5) is 5.69 Å². The topological polar surface area (TPSA) is 80.3 Å². The first-order valence-electron chi connectivity index (χ1n) is 7.19. The number of methoxy groups -OCH3 is 1. The Labute approximate surface area is 134 Å². The van der Waals surface area contributed by atoms with Gasteiger partial charge < -0.3 is 15.4 Å². The van der Waals surface area contributed by atoms with Crippen molar-refractivity contribution in [3.05, 3.63) is 53.7 Å². The quantitative estimate of drug-likeness (QED) is 0.853. The first kappa shape index (κ1) is 16.5. The van der Waals surface area contributed by atoms with E-state index >= 15 is 0 Å². The van der Waals surface area contributed by atoms with E-state index in [0.717, 1.165) is 11.1 Å². The molecular weight excluding hydrogens is 294 g/mol. The van der Waals surface area contributed by atoms with Crippen molar-refractivity contribution in [2.24, 2.45) is 0 Å². The molecule has 6 heteroatoms. The summed E-state index contributed by atoms with van der Waals surface area (Å²) in [6.07, 6.45) is 1.95. The zero-order valence-corrected chi connectivity index (χ0v) is 13.1. The standard InChI is InChI=1S/C17H19N3O3/c1-12(21)20-15-6-3-13(4-7-15)9-16(22)18-10-14-5-8-17(23-2)19-11-14/h3-8,11H,9-10H2,1-2H3,(H,18,22)(H,20,21). The van der Waals surface area contributed by atoms with E-state index < -0.39 is 0 Å². The van der Waals surface area contributed by atoms with Crippen LogP contribution in [0.15, 0.2) is 42.6 Å². The molecular formula is C17H19N3O3. The van der Waals surface area contributed by atoms with E-state index in [4.69, 9.17) is 4.74 Å². The minimum Gasteiger partial charge on any atom is -0.481 e. The summed E-state index contributed by atoms with van der Waals surface area (Å²) in [4.78, 5) is 27.0. The zero-order valence-electron chi connectivity index (χ0n) is 13.1. The third-order valence-corrected chi connectivity index (χ3v) is 3.14. The Bertz CT molecular complexity index is 666. The van der Waals surface area contributed by atoms with Crippen LogP contribution in [-0.2, 0) is 22.6 Å². The second kappa shape index (κ2) is 7.93. The monoisotopic (exact) mass is 313 g/mol. The third kappa shape index (κ3) is 5.43. The normalized spacial score (nSPS) is 10.0. The molecule has 0 saturated carbocycles. The minimum absolute atomic E-state index is 0.0758. The van der Waals surface area contributed by atoms with Gasteiger partial charge in [0.2, 0.25) is 17.7 Å². The van der Waals surface area contributed by atoms with E-state index in [0.29, 0.717) is 18.1 Å². The highest BCUT2D eigenvalue weighted by Gasteiger charge is 2.04. The van der Waals surface area contributed by atoms with Gasteiger partial charge >= 0.3 is 0 Å². The number of hydrogen-bond acceptors (Lipinski definition) is 4. The predicted octanol–water partition coefficient (Wildman–Crippen LogP) is 1.91. The Morgan fingerprint density at radius 3 is 2.35 bits per heavy atom. The Kier molecular flexibility index (Phi) is 5.68. The fourth-order valence-electron chi connectivity index (χ4n) is 1.99. The van der Waals surface area contributed by atoms with Gasteiger partial charge in [0.25, 0.3) is 0 Å². The van der Waals surface area contributed by atoms with Crippen LogP contribution >= 0.6 is 0 Å². The summed E-state index contributed by atoms with van der Waals surface area (Å²) in [5.41, 5.74) is 2.50. The van der Waals surface area contributed by atoms with Crippen LogP contribution in [0.3, 0.4) is 0 Å². The van der Waals surface area contributed by atoms with Gasteiger partial charge in [0.15, 0.2) is 0 Å². The average molecular weight is 313 g/mol. The second-order valence-corrected chi connectivity index (χ2v) is 5.04. The molecule has 6 nitrogen and oxygen atoms in total. The number of carbonyl (C=O) groups is 2. The molecule has 23 heavy (non-hydrogen) atoms. The maximum atomic E-state index is 11.9. The highest BCUT2D eigenvalue weighted by atomic mass is 16.5. The van der Waals surface area contributed by atoms with Crippen molar-refractivity contribution in [3.8, 4) is 5.88 Å². The summed E-state index contributed by atoms with van der Waals surface area (Å²) in [7, 11) is 1.56. The van der Waals surface area contributed by atoms with Crippen molar-refractivity contribution >= 4 is 17.5 Å². The van der Waals surface area contributed by atoms with Gasteiger partial charge in [-0.2, -0.15) is 0 Å². The molecule has 0 atom stereocenters. The molecule has 0 aliphatic rings. The molecule has 0 aliphatic carbocycles. The van der Waals surface area contributed by atoms with Crippen LogP contribution in [0, 0.1) is 0 Å². The molecule has 1 aromatic heterocycles. The van der Waals surface area contributed by atoms with E-state index in [1.807, 2.05) is 18.2 Å². The van der Waals surface area contributed by atoms with Crippen LogP contribution in [0.1, 0.15) is 18.1 Å². The molecule has 2 N–H and O–H groups in total. The summed E-state index contributed by atoms with van der Waals surface area (Å²) < 4.78 is 4.98. The largest absolute Gasteiger partial charge is 0.481 e. The highest BCUT2D eigenvalue weighted by molar-refractivity contribution is 5.88. The first-order chi connectivity index (χ1) is 11.1. The predicted molar refractivity (Wildman–Crippen MR) is 87.1 cm³/mol. The van der Waals surface area contributed by atoms with Crippen molar-refractivity contribution in [2.75, 3.05) is 12.4 Å². The lowest BCUT2D eigenvalue weighted by Gasteiger charge is -2.07. The molecule has 0 spiro atoms. The Morgan fingerprint density at radius 2 is 1.78 bits per heavy atom. The lowest BCUT2D eigenvalue weighted by molar-refractivity contribution is -0.120. The third-order valence-electron chi connectivity index (χ3n) is 3.14. The van der Waals surface area contributed by atoms with Gasteiger partial charge in [0.1, 0.15) is 0 Å². The Morgan fingerprint density at radius 1 is 1.09 bits per heavy atom. The molecule has 0 unspecified atom stereocenters. The number of pyridine rings is 1. The fourth-order valence-corrected chi connectivity index (χ4v) is 1.99. The van der Waals surface area contributed by atoms with Crippen LogP contribution in [-0.4, -0.2) is 23.9 Å². The van der Waals surface area contributed by atoms with Crippen molar-refractivity contribution in [2.45, 2.75) is 19.9 Å². The number of carbonyl (C=O) groups excluding carboxylic acids is 2. The van der Waals surface area contributed by atoms with Crippen molar-refractivity contribution in [1.29, 1.82) is 0 Å². The molecule has 2 rings (SSSR count). The van der Waals surface area contributed by atoms with Crippen LogP contribution in [0.2, 0.25) is 0 Å².